The summed E-state index contributed by atoms with van der Waals surface area (Å²) in [6.45, 7) is 0.159. The largest absolute Gasteiger partial charge is 0.382 e. The average molecular weight is 481 g/mol. The molecule has 0 aliphatic carbocycles. The summed E-state index contributed by atoms with van der Waals surface area (Å²) in [6, 6.07) is 19.3. The molecule has 0 aliphatic rings. The highest BCUT2D eigenvalue weighted by Crippen LogP contribution is 2.26. The van der Waals surface area contributed by atoms with E-state index in [1.807, 2.05) is 30.3 Å². The van der Waals surface area contributed by atoms with Gasteiger partial charge < -0.3 is 15.6 Å². The van der Waals surface area contributed by atoms with Crippen LogP contribution in [0.2, 0.25) is 0 Å². The molecule has 0 spiro atoms. The number of nitrogen functional groups attached to an aromatic ring is 1. The number of amides is 1. The van der Waals surface area contributed by atoms with Gasteiger partial charge in [-0.05, 0) is 23.8 Å². The van der Waals surface area contributed by atoms with Gasteiger partial charge in [0.1, 0.15) is 29.2 Å². The van der Waals surface area contributed by atoms with Crippen molar-refractivity contribution in [1.82, 2.24) is 24.9 Å². The molecule has 0 fully saturated rings. The minimum absolute atomic E-state index is 0.0769. The molecular formula is C26H20FN7O2. The molecule has 5 aromatic rings. The van der Waals surface area contributed by atoms with Crippen LogP contribution in [0.25, 0.3) is 29.0 Å². The van der Waals surface area contributed by atoms with Crippen molar-refractivity contribution in [2.24, 2.45) is 0 Å². The molecule has 178 valence electrons. The molecule has 0 aliphatic heterocycles. The van der Waals surface area contributed by atoms with Crippen LogP contribution in [0.5, 0.6) is 0 Å². The van der Waals surface area contributed by atoms with Gasteiger partial charge in [-0.3, -0.25) is 9.48 Å². The second-order valence-electron chi connectivity index (χ2n) is 7.77. The maximum Gasteiger partial charge on any atom is 0.248 e. The van der Waals surface area contributed by atoms with Crippen LogP contribution in [0, 0.1) is 5.82 Å². The third kappa shape index (κ3) is 5.02. The molecule has 0 bridgehead atoms. The number of carbonyl (C=O) groups excluding carboxylic acids is 1. The van der Waals surface area contributed by atoms with Crippen LogP contribution in [0.3, 0.4) is 0 Å². The summed E-state index contributed by atoms with van der Waals surface area (Å²) >= 11 is 0. The van der Waals surface area contributed by atoms with Crippen LogP contribution in [-0.2, 0) is 11.3 Å². The van der Waals surface area contributed by atoms with E-state index < -0.39 is 0 Å². The number of nitrogens with zero attached hydrogens (tertiary/aromatic N) is 5. The topological polar surface area (TPSA) is 125 Å². The van der Waals surface area contributed by atoms with Gasteiger partial charge in [-0.15, -0.1) is 0 Å². The lowest BCUT2D eigenvalue weighted by molar-refractivity contribution is -0.111. The zero-order valence-corrected chi connectivity index (χ0v) is 18.9. The number of carbonyl (C=O) groups is 1. The lowest BCUT2D eigenvalue weighted by atomic mass is 10.2. The highest BCUT2D eigenvalue weighted by Gasteiger charge is 2.18. The first-order chi connectivity index (χ1) is 17.6. The first-order valence-electron chi connectivity index (χ1n) is 11.0. The molecule has 3 heterocycles. The Labute approximate surface area is 205 Å². The predicted molar refractivity (Wildman–Crippen MR) is 133 cm³/mol. The summed E-state index contributed by atoms with van der Waals surface area (Å²) in [5, 5.41) is 11.2. The highest BCUT2D eigenvalue weighted by atomic mass is 19.1. The van der Waals surface area contributed by atoms with E-state index in [-0.39, 0.29) is 35.6 Å². The van der Waals surface area contributed by atoms with E-state index in [0.29, 0.717) is 22.6 Å². The second-order valence-corrected chi connectivity index (χ2v) is 7.77. The molecule has 3 aromatic heterocycles. The first kappa shape index (κ1) is 22.7. The third-order valence-electron chi connectivity index (χ3n) is 5.29. The van der Waals surface area contributed by atoms with Crippen LogP contribution < -0.4 is 11.1 Å². The molecule has 9 nitrogen and oxygen atoms in total. The van der Waals surface area contributed by atoms with Gasteiger partial charge in [0.2, 0.25) is 5.91 Å². The van der Waals surface area contributed by atoms with Gasteiger partial charge >= 0.3 is 0 Å². The van der Waals surface area contributed by atoms with Crippen molar-refractivity contribution in [3.05, 3.63) is 102 Å². The van der Waals surface area contributed by atoms with Crippen molar-refractivity contribution in [3.8, 4) is 22.9 Å². The van der Waals surface area contributed by atoms with Gasteiger partial charge in [0.05, 0.1) is 18.4 Å². The first-order valence-corrected chi connectivity index (χ1v) is 11.0. The molecule has 0 saturated heterocycles. The smallest absolute Gasteiger partial charge is 0.248 e. The molecule has 0 unspecified atom stereocenters. The Morgan fingerprint density at radius 2 is 1.89 bits per heavy atom. The SMILES string of the molecule is Nc1nc(-c2cc(-c3ccon3)n(Cc3ccccc3F)n2)ncc1NC(=O)/C=C/c1ccccc1. The number of nitrogens with two attached hydrogens (primary N) is 1. The van der Waals surface area contributed by atoms with E-state index in [4.69, 9.17) is 10.3 Å². The number of benzene rings is 2. The van der Waals surface area contributed by atoms with Crippen molar-refractivity contribution in [2.75, 3.05) is 11.1 Å². The average Bonchev–Trinajstić information content (AvgIpc) is 3.56. The summed E-state index contributed by atoms with van der Waals surface area (Å²) in [6.07, 6.45) is 5.94. The fourth-order valence-electron chi connectivity index (χ4n) is 3.51. The quantitative estimate of drug-likeness (QED) is 0.330. The minimum Gasteiger partial charge on any atom is -0.382 e. The van der Waals surface area contributed by atoms with E-state index in [2.05, 4.69) is 25.5 Å². The van der Waals surface area contributed by atoms with Crippen LogP contribution in [0.4, 0.5) is 15.9 Å². The van der Waals surface area contributed by atoms with Crippen molar-refractivity contribution in [1.29, 1.82) is 0 Å². The fraction of sp³-hybridized carbons (Fsp3) is 0.0385. The maximum atomic E-state index is 14.3. The van der Waals surface area contributed by atoms with E-state index >= 15 is 0 Å². The molecule has 36 heavy (non-hydrogen) atoms. The predicted octanol–water partition coefficient (Wildman–Crippen LogP) is 4.42. The monoisotopic (exact) mass is 481 g/mol. The molecule has 5 rings (SSSR count). The summed E-state index contributed by atoms with van der Waals surface area (Å²) in [7, 11) is 0. The highest BCUT2D eigenvalue weighted by molar-refractivity contribution is 6.03. The zero-order valence-electron chi connectivity index (χ0n) is 18.9. The standard InChI is InChI=1S/C26H20FN7O2/c27-19-9-5-4-8-18(19)16-34-23(20-12-13-36-33-20)14-21(32-34)26-29-15-22(25(28)31-26)30-24(35)11-10-17-6-2-1-3-7-17/h1-15H,16H2,(H,30,35)(H2,28,29,31)/b11-10+. The number of rotatable bonds is 7. The fourth-order valence-corrected chi connectivity index (χ4v) is 3.51. The Bertz CT molecular complexity index is 1530. The number of nitrogens with one attached hydrogen (secondary N) is 1. The number of hydrogen-bond acceptors (Lipinski definition) is 7. The number of hydrogen-bond donors (Lipinski definition) is 2. The van der Waals surface area contributed by atoms with Crippen molar-refractivity contribution in [2.45, 2.75) is 6.54 Å². The van der Waals surface area contributed by atoms with Gasteiger partial charge in [0, 0.05) is 17.7 Å². The molecule has 0 atom stereocenters. The molecule has 3 N–H and O–H groups in total. The van der Waals surface area contributed by atoms with Crippen LogP contribution in [0.15, 0.2) is 89.8 Å². The summed E-state index contributed by atoms with van der Waals surface area (Å²) in [5.74, 6) is -0.401. The van der Waals surface area contributed by atoms with Crippen molar-refractivity contribution >= 4 is 23.5 Å². The van der Waals surface area contributed by atoms with E-state index in [9.17, 15) is 9.18 Å². The lowest BCUT2D eigenvalue weighted by Crippen LogP contribution is -2.11. The van der Waals surface area contributed by atoms with Gasteiger partial charge in [-0.2, -0.15) is 5.10 Å². The van der Waals surface area contributed by atoms with Crippen molar-refractivity contribution in [3.63, 3.8) is 0 Å². The normalized spacial score (nSPS) is 11.1. The van der Waals surface area contributed by atoms with Gasteiger partial charge in [-0.25, -0.2) is 14.4 Å². The van der Waals surface area contributed by atoms with Gasteiger partial charge in [0.25, 0.3) is 0 Å². The van der Waals surface area contributed by atoms with Crippen LogP contribution in [-0.4, -0.2) is 30.8 Å². The maximum absolute atomic E-state index is 14.3. The van der Waals surface area contributed by atoms with Crippen molar-refractivity contribution < 1.29 is 13.7 Å². The molecule has 2 aromatic carbocycles. The Kier molecular flexibility index (Phi) is 6.31. The lowest BCUT2D eigenvalue weighted by Gasteiger charge is -2.07. The molecule has 1 amide bonds. The Morgan fingerprint density at radius 1 is 1.08 bits per heavy atom. The third-order valence-corrected chi connectivity index (χ3v) is 5.29. The number of anilines is 2. The van der Waals surface area contributed by atoms with E-state index in [1.165, 1.54) is 24.6 Å². The molecule has 10 heteroatoms. The Morgan fingerprint density at radius 3 is 2.64 bits per heavy atom. The minimum atomic E-state index is -0.371. The second kappa shape index (κ2) is 10.0. The van der Waals surface area contributed by atoms with Gasteiger partial charge in [-0.1, -0.05) is 53.7 Å². The summed E-state index contributed by atoms with van der Waals surface area (Å²) in [4.78, 5) is 20.9. The van der Waals surface area contributed by atoms with E-state index in [0.717, 1.165) is 5.56 Å². The Balaban J connectivity index is 1.39. The van der Waals surface area contributed by atoms with Crippen LogP contribution in [0.1, 0.15) is 11.1 Å². The number of aromatic nitrogens is 5. The zero-order chi connectivity index (χ0) is 24.9. The molecule has 0 saturated carbocycles. The van der Waals surface area contributed by atoms with Crippen LogP contribution >= 0.6 is 0 Å². The molecule has 0 radical (unpaired) electrons. The molecular weight excluding hydrogens is 461 g/mol. The summed E-state index contributed by atoms with van der Waals surface area (Å²) < 4.78 is 20.8. The number of halogens is 1. The summed E-state index contributed by atoms with van der Waals surface area (Å²) in [5.41, 5.74) is 9.22. The Hall–Kier alpha value is -5.12. The van der Waals surface area contributed by atoms with E-state index in [1.54, 1.807) is 41.1 Å². The van der Waals surface area contributed by atoms with Gasteiger partial charge in [0.15, 0.2) is 11.6 Å².